The number of pyridine rings is 1. The first kappa shape index (κ1) is 22.6. The van der Waals surface area contributed by atoms with E-state index in [-0.39, 0.29) is 17.7 Å². The number of ether oxygens (including phenoxy) is 2. The summed E-state index contributed by atoms with van der Waals surface area (Å²) >= 11 is 0. The summed E-state index contributed by atoms with van der Waals surface area (Å²) < 4.78 is 10.3. The molecule has 0 saturated carbocycles. The van der Waals surface area contributed by atoms with E-state index in [1.54, 1.807) is 32.5 Å². The summed E-state index contributed by atoms with van der Waals surface area (Å²) in [5.74, 6) is 0.462. The first-order chi connectivity index (χ1) is 16.1. The Balaban J connectivity index is 1.36. The molecule has 1 saturated heterocycles. The number of benzene rings is 1. The zero-order valence-corrected chi connectivity index (χ0v) is 19.1. The predicted octanol–water partition coefficient (Wildman–Crippen LogP) is 2.97. The van der Waals surface area contributed by atoms with E-state index >= 15 is 0 Å². The lowest BCUT2D eigenvalue weighted by Gasteiger charge is -2.39. The number of hydrogen-bond acceptors (Lipinski definition) is 6. The molecule has 2 aromatic rings. The molecule has 1 aromatic heterocycles. The molecule has 1 aliphatic heterocycles. The summed E-state index contributed by atoms with van der Waals surface area (Å²) in [6, 6.07) is 11.4. The van der Waals surface area contributed by atoms with Crippen LogP contribution in [0.15, 0.2) is 54.7 Å². The first-order valence-electron chi connectivity index (χ1n) is 11.2. The Kier molecular flexibility index (Phi) is 7.12. The van der Waals surface area contributed by atoms with E-state index in [0.717, 1.165) is 24.5 Å². The van der Waals surface area contributed by atoms with Crippen LogP contribution in [0.2, 0.25) is 0 Å². The lowest BCUT2D eigenvalue weighted by atomic mass is 9.81. The van der Waals surface area contributed by atoms with Crippen molar-refractivity contribution >= 4 is 23.2 Å². The van der Waals surface area contributed by atoms with Gasteiger partial charge in [0.1, 0.15) is 5.75 Å². The second-order valence-corrected chi connectivity index (χ2v) is 8.24. The maximum atomic E-state index is 13.4. The average Bonchev–Trinajstić information content (AvgIpc) is 2.89. The molecule has 1 aliphatic carbocycles. The van der Waals surface area contributed by atoms with Crippen LogP contribution in [0, 0.1) is 11.8 Å². The number of carbonyl (C=O) groups excluding carboxylic acids is 2. The number of nitrogens with one attached hydrogen (secondary N) is 1. The van der Waals surface area contributed by atoms with E-state index in [1.165, 1.54) is 0 Å². The Morgan fingerprint density at radius 1 is 0.909 bits per heavy atom. The third kappa shape index (κ3) is 5.27. The monoisotopic (exact) mass is 450 g/mol. The number of piperazine rings is 1. The van der Waals surface area contributed by atoms with Gasteiger partial charge in [-0.05, 0) is 43.2 Å². The van der Waals surface area contributed by atoms with Gasteiger partial charge in [-0.3, -0.25) is 9.59 Å². The minimum Gasteiger partial charge on any atom is -0.497 e. The molecule has 2 unspecified atom stereocenters. The van der Waals surface area contributed by atoms with Crippen LogP contribution in [-0.4, -0.2) is 62.1 Å². The number of aromatic nitrogens is 1. The summed E-state index contributed by atoms with van der Waals surface area (Å²) in [4.78, 5) is 34.7. The van der Waals surface area contributed by atoms with Gasteiger partial charge < -0.3 is 24.6 Å². The molecular weight excluding hydrogens is 420 g/mol. The minimum atomic E-state index is -0.399. The molecule has 2 heterocycles. The fourth-order valence-electron chi connectivity index (χ4n) is 4.40. The van der Waals surface area contributed by atoms with Crippen LogP contribution in [0.3, 0.4) is 0 Å². The van der Waals surface area contributed by atoms with Gasteiger partial charge in [0.15, 0.2) is 0 Å². The van der Waals surface area contributed by atoms with E-state index in [0.29, 0.717) is 37.5 Å². The average molecular weight is 451 g/mol. The molecule has 0 bridgehead atoms. The van der Waals surface area contributed by atoms with Crippen LogP contribution in [0.4, 0.5) is 11.4 Å². The zero-order chi connectivity index (χ0) is 23.2. The third-order valence-electron chi connectivity index (χ3n) is 6.33. The molecule has 2 atom stereocenters. The van der Waals surface area contributed by atoms with Gasteiger partial charge in [-0.2, -0.15) is 0 Å². The first-order valence-corrected chi connectivity index (χ1v) is 11.2. The Morgan fingerprint density at radius 3 is 2.21 bits per heavy atom. The van der Waals surface area contributed by atoms with Crippen molar-refractivity contribution in [2.24, 2.45) is 11.8 Å². The predicted molar refractivity (Wildman–Crippen MR) is 127 cm³/mol. The number of hydrogen-bond donors (Lipinski definition) is 1. The van der Waals surface area contributed by atoms with Crippen molar-refractivity contribution in [2.45, 2.75) is 12.8 Å². The van der Waals surface area contributed by atoms with Crippen molar-refractivity contribution in [1.29, 1.82) is 0 Å². The van der Waals surface area contributed by atoms with Gasteiger partial charge in [-0.15, -0.1) is 0 Å². The van der Waals surface area contributed by atoms with Gasteiger partial charge in [-0.25, -0.2) is 4.98 Å². The number of nitrogens with zero attached hydrogens (tertiary/aromatic N) is 3. The molecular formula is C25H30N4O4. The fraction of sp³-hybridized carbons (Fsp3) is 0.400. The number of methoxy groups -OCH3 is 2. The maximum Gasteiger partial charge on any atom is 0.228 e. The van der Waals surface area contributed by atoms with Crippen LogP contribution >= 0.6 is 0 Å². The van der Waals surface area contributed by atoms with Crippen molar-refractivity contribution in [1.82, 2.24) is 9.88 Å². The summed E-state index contributed by atoms with van der Waals surface area (Å²) in [7, 11) is 3.20. The maximum absolute atomic E-state index is 13.4. The van der Waals surface area contributed by atoms with Crippen LogP contribution in [-0.2, 0) is 9.59 Å². The SMILES string of the molecule is COc1ccc(N2CCN(C(=O)C3CC=CCC3C(=O)Nc3ccc(OC)nc3)CC2)cc1. The minimum absolute atomic E-state index is 0.0572. The van der Waals surface area contributed by atoms with E-state index in [4.69, 9.17) is 9.47 Å². The second-order valence-electron chi connectivity index (χ2n) is 8.24. The molecule has 8 nitrogen and oxygen atoms in total. The summed E-state index contributed by atoms with van der Waals surface area (Å²) in [5, 5.41) is 2.91. The molecule has 4 rings (SSSR count). The molecule has 1 fully saturated rings. The second kappa shape index (κ2) is 10.4. The van der Waals surface area contributed by atoms with Gasteiger partial charge in [0.25, 0.3) is 0 Å². The molecule has 33 heavy (non-hydrogen) atoms. The number of amides is 2. The van der Waals surface area contributed by atoms with Crippen molar-refractivity contribution in [3.63, 3.8) is 0 Å². The van der Waals surface area contributed by atoms with Gasteiger partial charge in [-0.1, -0.05) is 12.2 Å². The van der Waals surface area contributed by atoms with Crippen molar-refractivity contribution < 1.29 is 19.1 Å². The van der Waals surface area contributed by atoms with Crippen molar-refractivity contribution in [3.05, 3.63) is 54.7 Å². The van der Waals surface area contributed by atoms with Crippen LogP contribution < -0.4 is 19.7 Å². The molecule has 2 aliphatic rings. The quantitative estimate of drug-likeness (QED) is 0.682. The smallest absolute Gasteiger partial charge is 0.228 e. The topological polar surface area (TPSA) is 84.0 Å². The lowest BCUT2D eigenvalue weighted by Crippen LogP contribution is -2.52. The molecule has 1 N–H and O–H groups in total. The standard InChI is InChI=1S/C25H30N4O4/c1-32-20-10-8-19(9-11-20)28-13-15-29(16-14-28)25(31)22-6-4-3-5-21(22)24(30)27-18-7-12-23(33-2)26-17-18/h3-4,7-12,17,21-22H,5-6,13-16H2,1-2H3,(H,27,30). The number of anilines is 2. The molecule has 0 spiro atoms. The summed E-state index contributed by atoms with van der Waals surface area (Å²) in [6.45, 7) is 2.80. The van der Waals surface area contributed by atoms with Gasteiger partial charge in [0.2, 0.25) is 17.7 Å². The molecule has 2 amide bonds. The van der Waals surface area contributed by atoms with E-state index in [9.17, 15) is 9.59 Å². The van der Waals surface area contributed by atoms with Crippen LogP contribution in [0.1, 0.15) is 12.8 Å². The molecule has 8 heteroatoms. The highest BCUT2D eigenvalue weighted by atomic mass is 16.5. The molecule has 174 valence electrons. The third-order valence-corrected chi connectivity index (χ3v) is 6.33. The van der Waals surface area contributed by atoms with E-state index < -0.39 is 5.92 Å². The Hall–Kier alpha value is -3.55. The fourth-order valence-corrected chi connectivity index (χ4v) is 4.40. The number of carbonyl (C=O) groups is 2. The highest BCUT2D eigenvalue weighted by Crippen LogP contribution is 2.30. The van der Waals surface area contributed by atoms with Gasteiger partial charge in [0, 0.05) is 37.9 Å². The summed E-state index contributed by atoms with van der Waals surface area (Å²) in [6.07, 6.45) is 6.69. The number of allylic oxidation sites excluding steroid dienone is 2. The molecule has 1 aromatic carbocycles. The van der Waals surface area contributed by atoms with Crippen LogP contribution in [0.25, 0.3) is 0 Å². The normalized spacial score (nSPS) is 20.3. The van der Waals surface area contributed by atoms with Crippen molar-refractivity contribution in [2.75, 3.05) is 50.6 Å². The van der Waals surface area contributed by atoms with Gasteiger partial charge in [0.05, 0.1) is 37.9 Å². The largest absolute Gasteiger partial charge is 0.497 e. The van der Waals surface area contributed by atoms with E-state index in [2.05, 4.69) is 15.2 Å². The highest BCUT2D eigenvalue weighted by molar-refractivity contribution is 5.96. The Morgan fingerprint density at radius 2 is 1.61 bits per heavy atom. The summed E-state index contributed by atoms with van der Waals surface area (Å²) in [5.41, 5.74) is 1.71. The van der Waals surface area contributed by atoms with Gasteiger partial charge >= 0.3 is 0 Å². The lowest BCUT2D eigenvalue weighted by molar-refractivity contribution is -0.141. The Labute approximate surface area is 194 Å². The Bertz CT molecular complexity index is 982. The van der Waals surface area contributed by atoms with E-state index in [1.807, 2.05) is 41.3 Å². The van der Waals surface area contributed by atoms with Crippen molar-refractivity contribution in [3.8, 4) is 11.6 Å². The van der Waals surface area contributed by atoms with Crippen LogP contribution in [0.5, 0.6) is 11.6 Å². The molecule has 0 radical (unpaired) electrons. The zero-order valence-electron chi connectivity index (χ0n) is 19.1. The number of rotatable bonds is 6. The highest BCUT2D eigenvalue weighted by Gasteiger charge is 2.37.